The minimum Gasteiger partial charge on any atom is -0.386 e. The Balaban J connectivity index is 1.93. The fourth-order valence-electron chi connectivity index (χ4n) is 3.42. The minimum atomic E-state index is -0.496. The SMILES string of the molecule is Cc1ccc(C(O)C(C)n2c(C)nc3c2CCCC3)cc1. The molecule has 0 bridgehead atoms. The Labute approximate surface area is 126 Å². The van der Waals surface area contributed by atoms with Gasteiger partial charge >= 0.3 is 0 Å². The van der Waals surface area contributed by atoms with Gasteiger partial charge in [-0.05, 0) is 52.0 Å². The zero-order chi connectivity index (χ0) is 15.0. The zero-order valence-corrected chi connectivity index (χ0v) is 13.1. The van der Waals surface area contributed by atoms with Crippen molar-refractivity contribution in [2.75, 3.05) is 0 Å². The number of benzene rings is 1. The molecular weight excluding hydrogens is 260 g/mol. The highest BCUT2D eigenvalue weighted by atomic mass is 16.3. The molecule has 1 aliphatic rings. The molecule has 0 saturated carbocycles. The predicted molar refractivity (Wildman–Crippen MR) is 84.5 cm³/mol. The van der Waals surface area contributed by atoms with Gasteiger partial charge in [0.25, 0.3) is 0 Å². The van der Waals surface area contributed by atoms with Gasteiger partial charge in [-0.25, -0.2) is 4.98 Å². The van der Waals surface area contributed by atoms with E-state index in [2.05, 4.69) is 37.5 Å². The molecule has 1 aromatic heterocycles. The average molecular weight is 284 g/mol. The van der Waals surface area contributed by atoms with Crippen LogP contribution in [0.3, 0.4) is 0 Å². The molecule has 0 radical (unpaired) electrons. The van der Waals surface area contributed by atoms with Crippen LogP contribution < -0.4 is 0 Å². The fraction of sp³-hybridized carbons (Fsp3) is 0.500. The second-order valence-corrected chi connectivity index (χ2v) is 6.23. The standard InChI is InChI=1S/C18H24N2O/c1-12-8-10-15(11-9-12)18(21)13(2)20-14(3)19-16-6-4-5-7-17(16)20/h8-11,13,18,21H,4-7H2,1-3H3. The molecule has 0 fully saturated rings. The summed E-state index contributed by atoms with van der Waals surface area (Å²) in [6.07, 6.45) is 4.13. The summed E-state index contributed by atoms with van der Waals surface area (Å²) in [6.45, 7) is 6.21. The topological polar surface area (TPSA) is 38.0 Å². The molecule has 1 heterocycles. The molecule has 3 heteroatoms. The van der Waals surface area contributed by atoms with Gasteiger partial charge in [-0.1, -0.05) is 29.8 Å². The van der Waals surface area contributed by atoms with E-state index >= 15 is 0 Å². The molecule has 3 rings (SSSR count). The summed E-state index contributed by atoms with van der Waals surface area (Å²) in [4.78, 5) is 4.71. The van der Waals surface area contributed by atoms with Gasteiger partial charge in [0.2, 0.25) is 0 Å². The molecule has 1 aliphatic carbocycles. The molecule has 1 aromatic carbocycles. The lowest BCUT2D eigenvalue weighted by Gasteiger charge is -2.25. The number of imidazole rings is 1. The Morgan fingerprint density at radius 1 is 1.10 bits per heavy atom. The highest BCUT2D eigenvalue weighted by Gasteiger charge is 2.25. The maximum atomic E-state index is 10.7. The van der Waals surface area contributed by atoms with E-state index in [-0.39, 0.29) is 6.04 Å². The first-order valence-electron chi connectivity index (χ1n) is 7.89. The number of aliphatic hydroxyl groups is 1. The first kappa shape index (κ1) is 14.3. The third-order valence-corrected chi connectivity index (χ3v) is 4.63. The molecule has 2 aromatic rings. The number of fused-ring (bicyclic) bond motifs is 1. The molecule has 21 heavy (non-hydrogen) atoms. The number of hydrogen-bond donors (Lipinski definition) is 1. The van der Waals surface area contributed by atoms with Crippen molar-refractivity contribution in [2.24, 2.45) is 0 Å². The van der Waals surface area contributed by atoms with Crippen molar-refractivity contribution < 1.29 is 5.11 Å². The van der Waals surface area contributed by atoms with Crippen LogP contribution in [0.25, 0.3) is 0 Å². The maximum absolute atomic E-state index is 10.7. The lowest BCUT2D eigenvalue weighted by Crippen LogP contribution is -2.19. The van der Waals surface area contributed by atoms with Crippen LogP contribution in [0, 0.1) is 13.8 Å². The van der Waals surface area contributed by atoms with E-state index in [0.29, 0.717) is 0 Å². The Kier molecular flexibility index (Phi) is 3.85. The lowest BCUT2D eigenvalue weighted by molar-refractivity contribution is 0.119. The Hall–Kier alpha value is -1.61. The van der Waals surface area contributed by atoms with Gasteiger partial charge in [-0.15, -0.1) is 0 Å². The average Bonchev–Trinajstić information content (AvgIpc) is 2.82. The minimum absolute atomic E-state index is 0.0158. The van der Waals surface area contributed by atoms with Gasteiger partial charge in [-0.2, -0.15) is 0 Å². The number of rotatable bonds is 3. The number of aromatic nitrogens is 2. The smallest absolute Gasteiger partial charge is 0.106 e. The van der Waals surface area contributed by atoms with E-state index in [9.17, 15) is 5.11 Å². The number of aryl methyl sites for hydroxylation is 3. The van der Waals surface area contributed by atoms with Crippen molar-refractivity contribution in [2.45, 2.75) is 58.6 Å². The second kappa shape index (κ2) is 5.64. The predicted octanol–water partition coefficient (Wildman–Crippen LogP) is 3.67. The highest BCUT2D eigenvalue weighted by Crippen LogP contribution is 2.32. The van der Waals surface area contributed by atoms with E-state index in [4.69, 9.17) is 4.98 Å². The summed E-state index contributed by atoms with van der Waals surface area (Å²) in [6, 6.07) is 8.18. The largest absolute Gasteiger partial charge is 0.386 e. The quantitative estimate of drug-likeness (QED) is 0.933. The summed E-state index contributed by atoms with van der Waals surface area (Å²) in [7, 11) is 0. The molecule has 3 nitrogen and oxygen atoms in total. The van der Waals surface area contributed by atoms with Gasteiger partial charge < -0.3 is 9.67 Å². The molecule has 112 valence electrons. The molecule has 1 N–H and O–H groups in total. The summed E-state index contributed by atoms with van der Waals surface area (Å²) < 4.78 is 2.25. The maximum Gasteiger partial charge on any atom is 0.106 e. The van der Waals surface area contributed by atoms with Crippen molar-refractivity contribution in [3.8, 4) is 0 Å². The van der Waals surface area contributed by atoms with Gasteiger partial charge in [0.15, 0.2) is 0 Å². The summed E-state index contributed by atoms with van der Waals surface area (Å²) in [5, 5.41) is 10.7. The van der Waals surface area contributed by atoms with Crippen LogP contribution in [-0.4, -0.2) is 14.7 Å². The third-order valence-electron chi connectivity index (χ3n) is 4.63. The van der Waals surface area contributed by atoms with Crippen LogP contribution in [0.5, 0.6) is 0 Å². The van der Waals surface area contributed by atoms with Crippen molar-refractivity contribution >= 4 is 0 Å². The Morgan fingerprint density at radius 3 is 2.48 bits per heavy atom. The molecule has 0 spiro atoms. The highest BCUT2D eigenvalue weighted by molar-refractivity contribution is 5.26. The molecule has 2 unspecified atom stereocenters. The van der Waals surface area contributed by atoms with E-state index in [0.717, 1.165) is 24.2 Å². The van der Waals surface area contributed by atoms with Crippen LogP contribution >= 0.6 is 0 Å². The lowest BCUT2D eigenvalue weighted by atomic mass is 9.98. The zero-order valence-electron chi connectivity index (χ0n) is 13.1. The van der Waals surface area contributed by atoms with Crippen molar-refractivity contribution in [3.63, 3.8) is 0 Å². The van der Waals surface area contributed by atoms with Crippen molar-refractivity contribution in [1.29, 1.82) is 0 Å². The van der Waals surface area contributed by atoms with E-state index in [1.54, 1.807) is 0 Å². The van der Waals surface area contributed by atoms with Crippen molar-refractivity contribution in [3.05, 3.63) is 52.6 Å². The molecule has 2 atom stereocenters. The van der Waals surface area contributed by atoms with Gasteiger partial charge in [0.05, 0.1) is 17.8 Å². The van der Waals surface area contributed by atoms with Gasteiger partial charge in [-0.3, -0.25) is 0 Å². The van der Waals surface area contributed by atoms with E-state index in [1.807, 2.05) is 12.1 Å². The van der Waals surface area contributed by atoms with Crippen LogP contribution in [0.1, 0.15) is 60.3 Å². The van der Waals surface area contributed by atoms with Crippen LogP contribution in [0.4, 0.5) is 0 Å². The third kappa shape index (κ3) is 2.62. The first-order valence-corrected chi connectivity index (χ1v) is 7.89. The van der Waals surface area contributed by atoms with Crippen LogP contribution in [0.15, 0.2) is 24.3 Å². The monoisotopic (exact) mass is 284 g/mol. The number of hydrogen-bond acceptors (Lipinski definition) is 2. The number of aliphatic hydroxyl groups excluding tert-OH is 1. The van der Waals surface area contributed by atoms with Gasteiger partial charge in [0.1, 0.15) is 5.82 Å². The molecule has 0 aliphatic heterocycles. The molecule has 0 amide bonds. The van der Waals surface area contributed by atoms with Crippen molar-refractivity contribution in [1.82, 2.24) is 9.55 Å². The molecular formula is C18H24N2O. The molecule has 0 saturated heterocycles. The summed E-state index contributed by atoms with van der Waals surface area (Å²) >= 11 is 0. The Bertz CT molecular complexity index is 627. The van der Waals surface area contributed by atoms with Crippen LogP contribution in [0.2, 0.25) is 0 Å². The summed E-state index contributed by atoms with van der Waals surface area (Å²) in [5.74, 6) is 1.03. The number of nitrogens with zero attached hydrogens (tertiary/aromatic N) is 2. The van der Waals surface area contributed by atoms with Gasteiger partial charge in [0, 0.05) is 5.69 Å². The Morgan fingerprint density at radius 2 is 1.76 bits per heavy atom. The second-order valence-electron chi connectivity index (χ2n) is 6.23. The summed E-state index contributed by atoms with van der Waals surface area (Å²) in [5.41, 5.74) is 4.76. The van der Waals surface area contributed by atoms with E-state index < -0.39 is 6.10 Å². The van der Waals surface area contributed by atoms with Crippen LogP contribution in [-0.2, 0) is 12.8 Å². The first-order chi connectivity index (χ1) is 10.1. The normalized spacial score (nSPS) is 17.3. The fourth-order valence-corrected chi connectivity index (χ4v) is 3.42. The van der Waals surface area contributed by atoms with E-state index in [1.165, 1.54) is 29.8 Å².